The topological polar surface area (TPSA) is 33.5 Å². The molecule has 0 fully saturated rings. The van der Waals surface area contributed by atoms with Crippen LogP contribution in [0.15, 0.2) is 44.1 Å². The maximum Gasteiger partial charge on any atom is 0.246 e. The van der Waals surface area contributed by atoms with Crippen molar-refractivity contribution >= 4 is 39.2 Å². The summed E-state index contributed by atoms with van der Waals surface area (Å²) in [5.41, 5.74) is 1.12. The number of rotatable bonds is 4. The zero-order valence-electron chi connectivity index (χ0n) is 9.80. The fraction of sp³-hybridized carbons (Fsp3) is 0.154. The van der Waals surface area contributed by atoms with Gasteiger partial charge in [-0.25, -0.2) is 0 Å². The van der Waals surface area contributed by atoms with E-state index in [1.807, 2.05) is 11.4 Å². The number of carbonyl (C=O) groups excluding carboxylic acids is 1. The van der Waals surface area contributed by atoms with Crippen LogP contribution >= 0.6 is 27.3 Å². The number of hydrogen-bond acceptors (Lipinski definition) is 3. The van der Waals surface area contributed by atoms with Crippen molar-refractivity contribution in [3.05, 3.63) is 51.0 Å². The number of amides is 1. The first-order valence-corrected chi connectivity index (χ1v) is 7.02. The predicted octanol–water partition coefficient (Wildman–Crippen LogP) is 3.78. The molecule has 1 amide bonds. The molecule has 0 aliphatic rings. The monoisotopic (exact) mass is 325 g/mol. The van der Waals surface area contributed by atoms with Crippen molar-refractivity contribution in [2.24, 2.45) is 0 Å². The second-order valence-corrected chi connectivity index (χ2v) is 6.09. The summed E-state index contributed by atoms with van der Waals surface area (Å²) in [6, 6.07) is 5.61. The maximum atomic E-state index is 11.8. The summed E-state index contributed by atoms with van der Waals surface area (Å²) >= 11 is 5.02. The Balaban J connectivity index is 1.92. The molecule has 0 saturated carbocycles. The summed E-state index contributed by atoms with van der Waals surface area (Å²) in [6.45, 7) is 0.601. The average Bonchev–Trinajstić information content (AvgIpc) is 2.97. The Kier molecular flexibility index (Phi) is 4.38. The Morgan fingerprint density at radius 1 is 1.61 bits per heavy atom. The number of likely N-dealkylation sites (N-methyl/N-ethyl adjacent to an activating group) is 1. The molecule has 2 heterocycles. The number of halogens is 1. The number of carbonyl (C=O) groups is 1. The van der Waals surface area contributed by atoms with Crippen LogP contribution in [0, 0.1) is 0 Å². The summed E-state index contributed by atoms with van der Waals surface area (Å²) in [5.74, 6) is 0.628. The van der Waals surface area contributed by atoms with Crippen molar-refractivity contribution in [3.8, 4) is 0 Å². The van der Waals surface area contributed by atoms with Gasteiger partial charge in [0.25, 0.3) is 0 Å². The molecule has 3 nitrogen and oxygen atoms in total. The number of nitrogens with zero attached hydrogens (tertiary/aromatic N) is 1. The molecule has 0 N–H and O–H groups in total. The van der Waals surface area contributed by atoms with Crippen molar-refractivity contribution in [1.82, 2.24) is 4.90 Å². The molecule has 2 rings (SSSR count). The second-order valence-electron chi connectivity index (χ2n) is 3.80. The average molecular weight is 326 g/mol. The minimum atomic E-state index is -0.0475. The Morgan fingerprint density at radius 2 is 2.44 bits per heavy atom. The summed E-state index contributed by atoms with van der Waals surface area (Å²) in [4.78, 5) is 13.5. The Labute approximate surface area is 118 Å². The zero-order chi connectivity index (χ0) is 13.0. The van der Waals surface area contributed by atoms with Gasteiger partial charge >= 0.3 is 0 Å². The molecule has 2 aromatic heterocycles. The van der Waals surface area contributed by atoms with Gasteiger partial charge in [0, 0.05) is 19.7 Å². The van der Waals surface area contributed by atoms with Gasteiger partial charge in [-0.05, 0) is 51.1 Å². The van der Waals surface area contributed by atoms with E-state index in [1.54, 1.807) is 47.8 Å². The predicted molar refractivity (Wildman–Crippen MR) is 76.2 cm³/mol. The maximum absolute atomic E-state index is 11.8. The molecule has 0 aromatic carbocycles. The van der Waals surface area contributed by atoms with Gasteiger partial charge < -0.3 is 9.32 Å². The van der Waals surface area contributed by atoms with Gasteiger partial charge in [0.2, 0.25) is 5.91 Å². The Hall–Kier alpha value is -1.33. The van der Waals surface area contributed by atoms with Crippen molar-refractivity contribution in [2.75, 3.05) is 7.05 Å². The van der Waals surface area contributed by atoms with Crippen LogP contribution in [0.3, 0.4) is 0 Å². The van der Waals surface area contributed by atoms with Gasteiger partial charge in [-0.15, -0.1) is 11.3 Å². The minimum absolute atomic E-state index is 0.0475. The van der Waals surface area contributed by atoms with E-state index in [0.29, 0.717) is 12.3 Å². The van der Waals surface area contributed by atoms with Crippen LogP contribution in [0.4, 0.5) is 0 Å². The highest BCUT2D eigenvalue weighted by Crippen LogP contribution is 2.21. The van der Waals surface area contributed by atoms with Crippen molar-refractivity contribution in [3.63, 3.8) is 0 Å². The van der Waals surface area contributed by atoms with E-state index in [-0.39, 0.29) is 5.91 Å². The molecule has 94 valence electrons. The van der Waals surface area contributed by atoms with Crippen LogP contribution in [0.2, 0.25) is 0 Å². The van der Waals surface area contributed by atoms with Gasteiger partial charge in [-0.2, -0.15) is 0 Å². The molecule has 0 atom stereocenters. The lowest BCUT2D eigenvalue weighted by atomic mass is 10.3. The molecule has 2 aromatic rings. The Bertz CT molecular complexity index is 545. The van der Waals surface area contributed by atoms with Gasteiger partial charge in [-0.1, -0.05) is 0 Å². The third-order valence-corrected chi connectivity index (χ3v) is 3.90. The quantitative estimate of drug-likeness (QED) is 0.801. The Morgan fingerprint density at radius 3 is 3.06 bits per heavy atom. The summed E-state index contributed by atoms with van der Waals surface area (Å²) in [6.07, 6.45) is 4.76. The fourth-order valence-electron chi connectivity index (χ4n) is 1.45. The number of furan rings is 1. The normalized spacial score (nSPS) is 11.0. The van der Waals surface area contributed by atoms with E-state index in [4.69, 9.17) is 4.42 Å². The van der Waals surface area contributed by atoms with E-state index >= 15 is 0 Å². The van der Waals surface area contributed by atoms with E-state index in [2.05, 4.69) is 15.9 Å². The minimum Gasteiger partial charge on any atom is -0.465 e. The molecule has 0 unspecified atom stereocenters. The van der Waals surface area contributed by atoms with Gasteiger partial charge in [-0.3, -0.25) is 4.79 Å². The van der Waals surface area contributed by atoms with E-state index in [0.717, 1.165) is 9.35 Å². The summed E-state index contributed by atoms with van der Waals surface area (Å²) < 4.78 is 6.20. The molecular weight excluding hydrogens is 314 g/mol. The third kappa shape index (κ3) is 3.58. The molecule has 0 aliphatic carbocycles. The zero-order valence-corrected chi connectivity index (χ0v) is 12.2. The highest BCUT2D eigenvalue weighted by atomic mass is 79.9. The third-order valence-electron chi connectivity index (χ3n) is 2.35. The highest BCUT2D eigenvalue weighted by molar-refractivity contribution is 9.11. The SMILES string of the molecule is CN(Cc1csc(Br)c1)C(=O)C=Cc1ccco1. The van der Waals surface area contributed by atoms with E-state index in [1.165, 1.54) is 6.08 Å². The molecule has 0 aliphatic heterocycles. The number of hydrogen-bond donors (Lipinski definition) is 0. The van der Waals surface area contributed by atoms with Crippen molar-refractivity contribution in [2.45, 2.75) is 6.54 Å². The van der Waals surface area contributed by atoms with Crippen LogP contribution < -0.4 is 0 Å². The second kappa shape index (κ2) is 6.02. The molecule has 18 heavy (non-hydrogen) atoms. The molecule has 0 saturated heterocycles. The van der Waals surface area contributed by atoms with Crippen LogP contribution in [-0.2, 0) is 11.3 Å². The first-order chi connectivity index (χ1) is 8.65. The first kappa shape index (κ1) is 13.1. The summed E-state index contributed by atoms with van der Waals surface area (Å²) in [5, 5.41) is 2.03. The lowest BCUT2D eigenvalue weighted by Crippen LogP contribution is -2.23. The molecule has 0 radical (unpaired) electrons. The largest absolute Gasteiger partial charge is 0.465 e. The van der Waals surface area contributed by atoms with Crippen LogP contribution in [0.5, 0.6) is 0 Å². The van der Waals surface area contributed by atoms with Crippen LogP contribution in [-0.4, -0.2) is 17.9 Å². The number of thiophene rings is 1. The molecule has 0 spiro atoms. The van der Waals surface area contributed by atoms with Crippen molar-refractivity contribution in [1.29, 1.82) is 0 Å². The van der Waals surface area contributed by atoms with Crippen LogP contribution in [0.1, 0.15) is 11.3 Å². The lowest BCUT2D eigenvalue weighted by molar-refractivity contribution is -0.125. The molecule has 0 bridgehead atoms. The smallest absolute Gasteiger partial charge is 0.246 e. The first-order valence-electron chi connectivity index (χ1n) is 5.35. The van der Waals surface area contributed by atoms with Gasteiger partial charge in [0.1, 0.15) is 5.76 Å². The van der Waals surface area contributed by atoms with Gasteiger partial charge in [0.05, 0.1) is 10.0 Å². The van der Waals surface area contributed by atoms with Crippen molar-refractivity contribution < 1.29 is 9.21 Å². The molecular formula is C13H12BrNO2S. The van der Waals surface area contributed by atoms with Crippen LogP contribution in [0.25, 0.3) is 6.08 Å². The molecule has 5 heteroatoms. The fourth-order valence-corrected chi connectivity index (χ4v) is 2.65. The van der Waals surface area contributed by atoms with E-state index in [9.17, 15) is 4.79 Å². The van der Waals surface area contributed by atoms with E-state index < -0.39 is 0 Å². The standard InChI is InChI=1S/C13H12BrNO2S/c1-15(8-10-7-12(14)18-9-10)13(16)5-4-11-3-2-6-17-11/h2-7,9H,8H2,1H3. The summed E-state index contributed by atoms with van der Waals surface area (Å²) in [7, 11) is 1.78. The van der Waals surface area contributed by atoms with Gasteiger partial charge in [0.15, 0.2) is 0 Å². The lowest BCUT2D eigenvalue weighted by Gasteiger charge is -2.13. The highest BCUT2D eigenvalue weighted by Gasteiger charge is 2.07.